The van der Waals surface area contributed by atoms with E-state index in [0.29, 0.717) is 5.92 Å². The van der Waals surface area contributed by atoms with Crippen LogP contribution in [0.15, 0.2) is 42.6 Å². The summed E-state index contributed by atoms with van der Waals surface area (Å²) in [6.45, 7) is 2.12. The van der Waals surface area contributed by atoms with E-state index in [1.54, 1.807) is 6.20 Å². The first-order valence-electron chi connectivity index (χ1n) is 3.78. The lowest BCUT2D eigenvalue weighted by atomic mass is 10.0. The minimum Gasteiger partial charge on any atom is -0.405 e. The summed E-state index contributed by atoms with van der Waals surface area (Å²) in [6.07, 6.45) is 3.58. The van der Waals surface area contributed by atoms with Crippen LogP contribution in [0, 0.1) is 0 Å². The van der Waals surface area contributed by atoms with Gasteiger partial charge in [-0.3, -0.25) is 0 Å². The molecule has 0 spiro atoms. The number of benzene rings is 1. The highest BCUT2D eigenvalue weighted by molar-refractivity contribution is 5.22. The normalized spacial score (nSPS) is 13.5. The molecule has 0 aliphatic heterocycles. The first-order chi connectivity index (χ1) is 5.34. The van der Waals surface area contributed by atoms with Gasteiger partial charge in [-0.1, -0.05) is 43.3 Å². The Morgan fingerprint density at radius 3 is 2.45 bits per heavy atom. The van der Waals surface area contributed by atoms with E-state index in [9.17, 15) is 0 Å². The molecule has 0 saturated carbocycles. The summed E-state index contributed by atoms with van der Waals surface area (Å²) in [5.41, 5.74) is 6.59. The molecular formula is C10H13N. The van der Waals surface area contributed by atoms with Crippen molar-refractivity contribution in [1.29, 1.82) is 0 Å². The molecule has 1 aromatic rings. The number of hydrogen-bond donors (Lipinski definition) is 1. The monoisotopic (exact) mass is 147 g/mol. The summed E-state index contributed by atoms with van der Waals surface area (Å²) in [4.78, 5) is 0. The zero-order chi connectivity index (χ0) is 8.10. The van der Waals surface area contributed by atoms with Crippen LogP contribution in [0.4, 0.5) is 0 Å². The number of rotatable bonds is 2. The van der Waals surface area contributed by atoms with Crippen LogP contribution in [-0.4, -0.2) is 0 Å². The summed E-state index contributed by atoms with van der Waals surface area (Å²) >= 11 is 0. The van der Waals surface area contributed by atoms with Gasteiger partial charge in [-0.2, -0.15) is 0 Å². The standard InChI is InChI=1S/C10H13N/c1-9(7-8-11)10-5-3-2-4-6-10/h2-9H,11H2,1H3/b8-7+. The van der Waals surface area contributed by atoms with Crippen molar-refractivity contribution in [2.45, 2.75) is 12.8 Å². The Morgan fingerprint density at radius 2 is 1.91 bits per heavy atom. The molecule has 11 heavy (non-hydrogen) atoms. The van der Waals surface area contributed by atoms with E-state index in [0.717, 1.165) is 0 Å². The minimum atomic E-state index is 0.418. The van der Waals surface area contributed by atoms with Crippen molar-refractivity contribution in [1.82, 2.24) is 0 Å². The lowest BCUT2D eigenvalue weighted by molar-refractivity contribution is 0.963. The summed E-state index contributed by atoms with van der Waals surface area (Å²) in [7, 11) is 0. The third-order valence-corrected chi connectivity index (χ3v) is 1.73. The first-order valence-corrected chi connectivity index (χ1v) is 3.78. The molecule has 0 fully saturated rings. The van der Waals surface area contributed by atoms with Crippen LogP contribution in [0.1, 0.15) is 18.4 Å². The molecule has 0 bridgehead atoms. The van der Waals surface area contributed by atoms with Crippen molar-refractivity contribution in [3.8, 4) is 0 Å². The molecule has 1 atom stereocenters. The van der Waals surface area contributed by atoms with E-state index in [-0.39, 0.29) is 0 Å². The number of allylic oxidation sites excluding steroid dienone is 1. The van der Waals surface area contributed by atoms with Crippen molar-refractivity contribution in [2.24, 2.45) is 5.73 Å². The Morgan fingerprint density at radius 1 is 1.27 bits per heavy atom. The maximum absolute atomic E-state index is 5.29. The van der Waals surface area contributed by atoms with Crippen LogP contribution < -0.4 is 5.73 Å². The van der Waals surface area contributed by atoms with Crippen molar-refractivity contribution >= 4 is 0 Å². The molecular weight excluding hydrogens is 134 g/mol. The molecule has 1 unspecified atom stereocenters. The Kier molecular flexibility index (Phi) is 2.73. The molecule has 0 aromatic heterocycles. The fraction of sp³-hybridized carbons (Fsp3) is 0.200. The summed E-state index contributed by atoms with van der Waals surface area (Å²) < 4.78 is 0. The van der Waals surface area contributed by atoms with Crippen LogP contribution in [0.3, 0.4) is 0 Å². The smallest absolute Gasteiger partial charge is 0.000671 e. The molecule has 1 heteroatoms. The number of nitrogens with two attached hydrogens (primary N) is 1. The SMILES string of the molecule is CC(/C=C/N)c1ccccc1. The second kappa shape index (κ2) is 3.81. The van der Waals surface area contributed by atoms with Gasteiger partial charge in [0.15, 0.2) is 0 Å². The molecule has 1 nitrogen and oxygen atoms in total. The predicted molar refractivity (Wildman–Crippen MR) is 48.2 cm³/mol. The Hall–Kier alpha value is -1.24. The fourth-order valence-corrected chi connectivity index (χ4v) is 1.03. The summed E-state index contributed by atoms with van der Waals surface area (Å²) in [6, 6.07) is 10.3. The zero-order valence-corrected chi connectivity index (χ0v) is 6.70. The lowest BCUT2D eigenvalue weighted by Crippen LogP contribution is -1.89. The maximum atomic E-state index is 5.29. The van der Waals surface area contributed by atoms with Gasteiger partial charge in [0.1, 0.15) is 0 Å². The van der Waals surface area contributed by atoms with Crippen molar-refractivity contribution in [3.63, 3.8) is 0 Å². The van der Waals surface area contributed by atoms with Gasteiger partial charge < -0.3 is 5.73 Å². The van der Waals surface area contributed by atoms with Gasteiger partial charge in [0.2, 0.25) is 0 Å². The average molecular weight is 147 g/mol. The van der Waals surface area contributed by atoms with Crippen molar-refractivity contribution in [2.75, 3.05) is 0 Å². The molecule has 0 amide bonds. The largest absolute Gasteiger partial charge is 0.405 e. The quantitative estimate of drug-likeness (QED) is 0.682. The van der Waals surface area contributed by atoms with E-state index in [1.165, 1.54) is 5.56 Å². The molecule has 0 saturated heterocycles. The molecule has 58 valence electrons. The second-order valence-corrected chi connectivity index (χ2v) is 2.58. The molecule has 0 radical (unpaired) electrons. The summed E-state index contributed by atoms with van der Waals surface area (Å²) in [5.74, 6) is 0.418. The van der Waals surface area contributed by atoms with Crippen LogP contribution in [0.25, 0.3) is 0 Å². The minimum absolute atomic E-state index is 0.418. The Bertz CT molecular complexity index is 226. The van der Waals surface area contributed by atoms with Crippen LogP contribution >= 0.6 is 0 Å². The Labute approximate surface area is 67.5 Å². The van der Waals surface area contributed by atoms with E-state index in [1.807, 2.05) is 24.3 Å². The molecule has 1 aromatic carbocycles. The molecule has 0 heterocycles. The van der Waals surface area contributed by atoms with Gasteiger partial charge in [-0.05, 0) is 11.8 Å². The van der Waals surface area contributed by atoms with E-state index >= 15 is 0 Å². The van der Waals surface area contributed by atoms with Crippen LogP contribution in [0.5, 0.6) is 0 Å². The van der Waals surface area contributed by atoms with Gasteiger partial charge in [-0.25, -0.2) is 0 Å². The summed E-state index contributed by atoms with van der Waals surface area (Å²) in [5, 5.41) is 0. The van der Waals surface area contributed by atoms with E-state index in [2.05, 4.69) is 19.1 Å². The Balaban J connectivity index is 2.76. The predicted octanol–water partition coefficient (Wildman–Crippen LogP) is 2.26. The van der Waals surface area contributed by atoms with Crippen LogP contribution in [-0.2, 0) is 0 Å². The lowest BCUT2D eigenvalue weighted by Gasteiger charge is -2.04. The molecule has 2 N–H and O–H groups in total. The molecule has 0 aliphatic carbocycles. The zero-order valence-electron chi connectivity index (χ0n) is 6.70. The van der Waals surface area contributed by atoms with Gasteiger partial charge in [-0.15, -0.1) is 0 Å². The van der Waals surface area contributed by atoms with Gasteiger partial charge in [0.05, 0.1) is 0 Å². The van der Waals surface area contributed by atoms with Crippen molar-refractivity contribution in [3.05, 3.63) is 48.2 Å². The average Bonchev–Trinajstić information content (AvgIpc) is 2.07. The maximum Gasteiger partial charge on any atom is 0.000671 e. The second-order valence-electron chi connectivity index (χ2n) is 2.58. The van der Waals surface area contributed by atoms with E-state index in [4.69, 9.17) is 5.73 Å². The third kappa shape index (κ3) is 2.11. The molecule has 0 aliphatic rings. The van der Waals surface area contributed by atoms with Gasteiger partial charge in [0, 0.05) is 5.92 Å². The third-order valence-electron chi connectivity index (χ3n) is 1.73. The first kappa shape index (κ1) is 7.86. The highest BCUT2D eigenvalue weighted by atomic mass is 14.5. The van der Waals surface area contributed by atoms with Crippen LogP contribution in [0.2, 0.25) is 0 Å². The number of hydrogen-bond acceptors (Lipinski definition) is 1. The topological polar surface area (TPSA) is 26.0 Å². The fourth-order valence-electron chi connectivity index (χ4n) is 1.03. The van der Waals surface area contributed by atoms with Crippen molar-refractivity contribution < 1.29 is 0 Å². The van der Waals surface area contributed by atoms with Gasteiger partial charge >= 0.3 is 0 Å². The highest BCUT2D eigenvalue weighted by Crippen LogP contribution is 2.14. The molecule has 1 rings (SSSR count). The highest BCUT2D eigenvalue weighted by Gasteiger charge is 1.97. The van der Waals surface area contributed by atoms with E-state index < -0.39 is 0 Å². The van der Waals surface area contributed by atoms with Gasteiger partial charge in [0.25, 0.3) is 0 Å².